The minimum Gasteiger partial charge on any atom is -0.320 e. The van der Waals surface area contributed by atoms with Crippen LogP contribution in [0.25, 0.3) is 0 Å². The molecule has 0 fully saturated rings. The quantitative estimate of drug-likeness (QED) is 0.0832. The summed E-state index contributed by atoms with van der Waals surface area (Å²) in [5, 5.41) is 0. The maximum Gasteiger partial charge on any atom is 0.294 e. The number of benzene rings is 1. The lowest BCUT2D eigenvalue weighted by Gasteiger charge is -2.39. The van der Waals surface area contributed by atoms with Gasteiger partial charge in [-0.05, 0) is 50.7 Å². The van der Waals surface area contributed by atoms with Crippen molar-refractivity contribution in [3.05, 3.63) is 29.8 Å². The van der Waals surface area contributed by atoms with Crippen molar-refractivity contribution in [1.82, 2.24) is 0 Å². The zero-order valence-corrected chi connectivity index (χ0v) is 24.8. The fraction of sp³-hybridized carbons (Fsp3) is 0.806. The van der Waals surface area contributed by atoms with E-state index in [4.69, 9.17) is 0 Å². The molecule has 0 spiro atoms. The van der Waals surface area contributed by atoms with E-state index in [1.807, 2.05) is 6.07 Å². The van der Waals surface area contributed by atoms with Crippen LogP contribution in [0, 0.1) is 0 Å². The summed E-state index contributed by atoms with van der Waals surface area (Å²) in [5.41, 5.74) is 1.04. The molecular weight excluding hydrogens is 466 g/mol. The molecule has 0 bridgehead atoms. The van der Waals surface area contributed by atoms with Gasteiger partial charge in [0.15, 0.2) is 0 Å². The third-order valence-corrected chi connectivity index (χ3v) is 8.52. The van der Waals surface area contributed by atoms with Crippen LogP contribution in [-0.2, 0) is 16.7 Å². The normalized spacial score (nSPS) is 12.3. The Morgan fingerprint density at radius 2 is 1.00 bits per heavy atom. The van der Waals surface area contributed by atoms with Gasteiger partial charge in [0.25, 0.3) is 10.1 Å². The summed E-state index contributed by atoms with van der Waals surface area (Å²) in [6.07, 6.45) is 23.4. The molecular formula is C31H58NO3S+. The number of hydrogen-bond acceptors (Lipinski definition) is 2. The zero-order valence-electron chi connectivity index (χ0n) is 24.0. The summed E-state index contributed by atoms with van der Waals surface area (Å²) in [6.45, 7) is 11.2. The SMILES string of the molecule is CCCCCCCC[N+](CCCCCCCC)(CCCCCCCC)Cc1cccc(S(=O)(=O)O)c1. The predicted molar refractivity (Wildman–Crippen MR) is 155 cm³/mol. The van der Waals surface area contributed by atoms with Gasteiger partial charge >= 0.3 is 0 Å². The number of unbranched alkanes of at least 4 members (excludes halogenated alkanes) is 15. The third-order valence-electron chi connectivity index (χ3n) is 7.67. The van der Waals surface area contributed by atoms with E-state index in [-0.39, 0.29) is 4.90 Å². The van der Waals surface area contributed by atoms with Gasteiger partial charge in [-0.25, -0.2) is 0 Å². The summed E-state index contributed by atoms with van der Waals surface area (Å²) >= 11 is 0. The first-order chi connectivity index (χ1) is 17.4. The zero-order chi connectivity index (χ0) is 26.5. The average Bonchev–Trinajstić information content (AvgIpc) is 2.85. The first-order valence-electron chi connectivity index (χ1n) is 15.3. The molecule has 1 rings (SSSR count). The first kappa shape index (κ1) is 33.1. The van der Waals surface area contributed by atoms with Crippen molar-refractivity contribution in [2.75, 3.05) is 19.6 Å². The molecule has 0 aliphatic rings. The van der Waals surface area contributed by atoms with Crippen LogP contribution in [0.2, 0.25) is 0 Å². The van der Waals surface area contributed by atoms with Gasteiger partial charge in [0.1, 0.15) is 6.54 Å². The van der Waals surface area contributed by atoms with Crippen LogP contribution in [0.3, 0.4) is 0 Å². The lowest BCUT2D eigenvalue weighted by atomic mass is 10.0. The Morgan fingerprint density at radius 1 is 0.611 bits per heavy atom. The minimum atomic E-state index is -4.18. The van der Waals surface area contributed by atoms with Crippen LogP contribution in [0.5, 0.6) is 0 Å². The molecule has 0 aliphatic heterocycles. The Balaban J connectivity index is 2.97. The number of hydrogen-bond donors (Lipinski definition) is 1. The van der Waals surface area contributed by atoms with E-state index in [0.717, 1.165) is 16.6 Å². The second-order valence-electron chi connectivity index (χ2n) is 11.1. The Bertz CT molecular complexity index is 722. The van der Waals surface area contributed by atoms with E-state index in [2.05, 4.69) is 20.8 Å². The lowest BCUT2D eigenvalue weighted by Crippen LogP contribution is -2.49. The van der Waals surface area contributed by atoms with Gasteiger partial charge in [-0.3, -0.25) is 4.55 Å². The molecule has 210 valence electrons. The smallest absolute Gasteiger partial charge is 0.294 e. The molecule has 1 aromatic carbocycles. The molecule has 0 unspecified atom stereocenters. The van der Waals surface area contributed by atoms with Crippen LogP contribution in [0.1, 0.15) is 142 Å². The Kier molecular flexibility index (Phi) is 18.5. The Morgan fingerprint density at radius 3 is 1.39 bits per heavy atom. The van der Waals surface area contributed by atoms with E-state index in [1.54, 1.807) is 12.1 Å². The molecule has 0 heterocycles. The van der Waals surface area contributed by atoms with E-state index in [9.17, 15) is 13.0 Å². The predicted octanol–water partition coefficient (Wildman–Crippen LogP) is 9.33. The number of rotatable bonds is 24. The van der Waals surface area contributed by atoms with Crippen molar-refractivity contribution in [1.29, 1.82) is 0 Å². The molecule has 0 saturated carbocycles. The molecule has 1 N–H and O–H groups in total. The molecule has 0 radical (unpaired) electrons. The molecule has 0 amide bonds. The van der Waals surface area contributed by atoms with Crippen molar-refractivity contribution in [3.8, 4) is 0 Å². The largest absolute Gasteiger partial charge is 0.320 e. The van der Waals surface area contributed by atoms with E-state index < -0.39 is 10.1 Å². The Labute approximate surface area is 224 Å². The fourth-order valence-corrected chi connectivity index (χ4v) is 6.00. The van der Waals surface area contributed by atoms with Crippen molar-refractivity contribution in [2.45, 2.75) is 148 Å². The van der Waals surface area contributed by atoms with Gasteiger partial charge in [0, 0.05) is 5.56 Å². The molecule has 0 atom stereocenters. The summed E-state index contributed by atoms with van der Waals surface area (Å²) in [7, 11) is -4.18. The molecule has 0 saturated heterocycles. The fourth-order valence-electron chi connectivity index (χ4n) is 5.45. The summed E-state index contributed by atoms with van der Waals surface area (Å²) in [4.78, 5) is 0.0248. The van der Waals surface area contributed by atoms with Gasteiger partial charge in [-0.2, -0.15) is 8.42 Å². The second kappa shape index (κ2) is 20.1. The lowest BCUT2D eigenvalue weighted by molar-refractivity contribution is -0.941. The highest BCUT2D eigenvalue weighted by molar-refractivity contribution is 7.85. The average molecular weight is 525 g/mol. The molecule has 4 nitrogen and oxygen atoms in total. The molecule has 1 aromatic rings. The van der Waals surface area contributed by atoms with E-state index in [0.29, 0.717) is 0 Å². The molecule has 0 aromatic heterocycles. The van der Waals surface area contributed by atoms with Crippen molar-refractivity contribution in [2.24, 2.45) is 0 Å². The highest BCUT2D eigenvalue weighted by Crippen LogP contribution is 2.23. The third kappa shape index (κ3) is 15.4. The second-order valence-corrected chi connectivity index (χ2v) is 12.5. The molecule has 36 heavy (non-hydrogen) atoms. The monoisotopic (exact) mass is 524 g/mol. The number of quaternary nitrogens is 1. The topological polar surface area (TPSA) is 54.4 Å². The van der Waals surface area contributed by atoms with E-state index >= 15 is 0 Å². The van der Waals surface area contributed by atoms with Crippen molar-refractivity contribution < 1.29 is 17.5 Å². The van der Waals surface area contributed by atoms with Crippen molar-refractivity contribution >= 4 is 10.1 Å². The maximum atomic E-state index is 11.8. The summed E-state index contributed by atoms with van der Waals surface area (Å²) in [5.74, 6) is 0. The first-order valence-corrected chi connectivity index (χ1v) is 16.7. The highest BCUT2D eigenvalue weighted by atomic mass is 32.2. The Hall–Kier alpha value is -0.910. The maximum absolute atomic E-state index is 11.8. The van der Waals surface area contributed by atoms with Crippen LogP contribution < -0.4 is 0 Å². The molecule has 0 aliphatic carbocycles. The van der Waals surface area contributed by atoms with Gasteiger partial charge in [0.05, 0.1) is 24.5 Å². The van der Waals surface area contributed by atoms with Gasteiger partial charge < -0.3 is 4.48 Å². The van der Waals surface area contributed by atoms with Crippen LogP contribution in [0.15, 0.2) is 29.2 Å². The van der Waals surface area contributed by atoms with Crippen LogP contribution in [-0.4, -0.2) is 37.1 Å². The van der Waals surface area contributed by atoms with Gasteiger partial charge in [-0.15, -0.1) is 0 Å². The summed E-state index contributed by atoms with van der Waals surface area (Å²) < 4.78 is 34.3. The standard InChI is InChI=1S/C31H57NO3S/c1-4-7-10-13-16-19-25-32(26-20-17-14-11-8-5-2,27-21-18-15-12-9-6-3)29-30-23-22-24-31(28-30)36(33,34)35/h22-24,28H,4-21,25-27,29H2,1-3H3/p+1. The number of nitrogens with zero attached hydrogens (tertiary/aromatic N) is 1. The summed E-state index contributed by atoms with van der Waals surface area (Å²) in [6, 6.07) is 7.04. The van der Waals surface area contributed by atoms with Crippen LogP contribution >= 0.6 is 0 Å². The molecule has 5 heteroatoms. The highest BCUT2D eigenvalue weighted by Gasteiger charge is 2.27. The van der Waals surface area contributed by atoms with E-state index in [1.165, 1.54) is 141 Å². The van der Waals surface area contributed by atoms with Crippen LogP contribution in [0.4, 0.5) is 0 Å². The minimum absolute atomic E-state index is 0.0248. The van der Waals surface area contributed by atoms with Crippen molar-refractivity contribution in [3.63, 3.8) is 0 Å². The van der Waals surface area contributed by atoms with Gasteiger partial charge in [-0.1, -0.05) is 110 Å². The van der Waals surface area contributed by atoms with Gasteiger partial charge in [0.2, 0.25) is 0 Å².